The number of benzene rings is 2. The standard InChI is InChI=1S/C33H43N3O6/c1-7-32-16-17-33(42-32)26(25(32)29(38)34-22-12-14-23(15-13-22)41-8-2)31(40)36(24(18-37)19(3)4)28(33)30(39)35-27-20(5)10-9-11-21(27)6/h9-15,19,24-26,28,37H,7-8,16-18H2,1-6H3,(H,34,38)(H,35,39)/t24-,25+,26-,28?,32-,33?/m0/s1. The van der Waals surface area contributed by atoms with Crippen molar-refractivity contribution in [2.75, 3.05) is 23.8 Å². The summed E-state index contributed by atoms with van der Waals surface area (Å²) >= 11 is 0. The maximum Gasteiger partial charge on any atom is 0.250 e. The molecule has 2 aromatic rings. The number of aliphatic hydroxyl groups is 1. The molecule has 3 aliphatic heterocycles. The molecule has 2 bridgehead atoms. The van der Waals surface area contributed by atoms with E-state index >= 15 is 0 Å². The van der Waals surface area contributed by atoms with Crippen LogP contribution < -0.4 is 15.4 Å². The molecular weight excluding hydrogens is 534 g/mol. The lowest BCUT2D eigenvalue weighted by atomic mass is 9.65. The molecule has 3 saturated heterocycles. The molecule has 0 saturated carbocycles. The molecule has 1 spiro atoms. The first-order valence-electron chi connectivity index (χ1n) is 15.1. The number of rotatable bonds is 10. The minimum absolute atomic E-state index is 0.127. The van der Waals surface area contributed by atoms with E-state index < -0.39 is 35.1 Å². The summed E-state index contributed by atoms with van der Waals surface area (Å²) in [5.74, 6) is -2.04. The third-order valence-corrected chi connectivity index (χ3v) is 9.63. The second kappa shape index (κ2) is 11.3. The van der Waals surface area contributed by atoms with E-state index in [0.29, 0.717) is 43.0 Å². The highest BCUT2D eigenvalue weighted by molar-refractivity contribution is 6.05. The van der Waals surface area contributed by atoms with Crippen molar-refractivity contribution in [1.29, 1.82) is 0 Å². The van der Waals surface area contributed by atoms with Gasteiger partial charge in [0.05, 0.1) is 36.7 Å². The smallest absolute Gasteiger partial charge is 0.250 e. The Morgan fingerprint density at radius 1 is 1.05 bits per heavy atom. The van der Waals surface area contributed by atoms with Gasteiger partial charge in [-0.05, 0) is 81.3 Å². The summed E-state index contributed by atoms with van der Waals surface area (Å²) in [6.45, 7) is 11.8. The van der Waals surface area contributed by atoms with Crippen molar-refractivity contribution >= 4 is 29.1 Å². The molecule has 0 radical (unpaired) electrons. The van der Waals surface area contributed by atoms with Crippen LogP contribution in [0.25, 0.3) is 0 Å². The Hall–Kier alpha value is -3.43. The summed E-state index contributed by atoms with van der Waals surface area (Å²) in [6.07, 6.45) is 1.56. The maximum atomic E-state index is 14.5. The average Bonchev–Trinajstić information content (AvgIpc) is 3.56. The molecule has 9 heteroatoms. The predicted molar refractivity (Wildman–Crippen MR) is 160 cm³/mol. The number of nitrogens with one attached hydrogen (secondary N) is 2. The summed E-state index contributed by atoms with van der Waals surface area (Å²) in [5, 5.41) is 16.6. The van der Waals surface area contributed by atoms with Gasteiger partial charge >= 0.3 is 0 Å². The van der Waals surface area contributed by atoms with Gasteiger partial charge in [-0.15, -0.1) is 0 Å². The SMILES string of the molecule is CCOc1ccc(NC(=O)[C@H]2[C@H]3C(=O)N([C@@H](CO)C(C)C)C(C(=O)Nc4c(C)cccc4C)C34CC[C@]2(CC)O4)cc1. The van der Waals surface area contributed by atoms with Gasteiger partial charge < -0.3 is 30.1 Å². The van der Waals surface area contributed by atoms with Crippen molar-refractivity contribution in [1.82, 2.24) is 4.90 Å². The number of amides is 3. The van der Waals surface area contributed by atoms with Crippen LogP contribution in [0.2, 0.25) is 0 Å². The Labute approximate surface area is 248 Å². The lowest BCUT2D eigenvalue weighted by molar-refractivity contribution is -0.149. The van der Waals surface area contributed by atoms with Gasteiger partial charge in [-0.25, -0.2) is 0 Å². The van der Waals surface area contributed by atoms with Crippen LogP contribution in [0, 0.1) is 31.6 Å². The van der Waals surface area contributed by atoms with Gasteiger partial charge in [0.2, 0.25) is 17.7 Å². The van der Waals surface area contributed by atoms with Crippen LogP contribution in [0.3, 0.4) is 0 Å². The second-order valence-electron chi connectivity index (χ2n) is 12.3. The zero-order valence-electron chi connectivity index (χ0n) is 25.4. The molecule has 226 valence electrons. The van der Waals surface area contributed by atoms with Gasteiger partial charge in [0.15, 0.2) is 0 Å². The van der Waals surface area contributed by atoms with Gasteiger partial charge in [-0.1, -0.05) is 39.0 Å². The Kier molecular flexibility index (Phi) is 8.11. The number of hydrogen-bond acceptors (Lipinski definition) is 6. The first-order valence-corrected chi connectivity index (χ1v) is 15.1. The minimum atomic E-state index is -1.18. The number of aryl methyl sites for hydroxylation is 2. The molecule has 0 aromatic heterocycles. The van der Waals surface area contributed by atoms with Crippen molar-refractivity contribution in [2.24, 2.45) is 17.8 Å². The minimum Gasteiger partial charge on any atom is -0.494 e. The van der Waals surface area contributed by atoms with Crippen LogP contribution in [0.15, 0.2) is 42.5 Å². The fourth-order valence-corrected chi connectivity index (χ4v) is 7.56. The van der Waals surface area contributed by atoms with Crippen LogP contribution in [-0.2, 0) is 19.1 Å². The van der Waals surface area contributed by atoms with Gasteiger partial charge in [-0.3, -0.25) is 14.4 Å². The molecule has 0 aliphatic carbocycles. The average molecular weight is 578 g/mol. The largest absolute Gasteiger partial charge is 0.494 e. The van der Waals surface area contributed by atoms with E-state index in [9.17, 15) is 19.5 Å². The second-order valence-corrected chi connectivity index (χ2v) is 12.3. The van der Waals surface area contributed by atoms with Crippen molar-refractivity contribution in [3.05, 3.63) is 53.6 Å². The van der Waals surface area contributed by atoms with Gasteiger partial charge in [0.1, 0.15) is 17.4 Å². The number of para-hydroxylation sites is 1. The van der Waals surface area contributed by atoms with Crippen LogP contribution >= 0.6 is 0 Å². The maximum absolute atomic E-state index is 14.5. The molecule has 3 N–H and O–H groups in total. The molecule has 3 fully saturated rings. The monoisotopic (exact) mass is 577 g/mol. The van der Waals surface area contributed by atoms with Crippen LogP contribution in [0.5, 0.6) is 5.75 Å². The Morgan fingerprint density at radius 3 is 2.29 bits per heavy atom. The third kappa shape index (κ3) is 4.67. The van der Waals surface area contributed by atoms with E-state index in [0.717, 1.165) is 11.1 Å². The zero-order chi connectivity index (χ0) is 30.4. The molecule has 42 heavy (non-hydrogen) atoms. The molecule has 2 aromatic carbocycles. The normalized spacial score (nSPS) is 28.6. The lowest BCUT2D eigenvalue weighted by Crippen LogP contribution is -2.57. The summed E-state index contributed by atoms with van der Waals surface area (Å²) in [5.41, 5.74) is 1.05. The van der Waals surface area contributed by atoms with Gasteiger partial charge in [0.25, 0.3) is 0 Å². The van der Waals surface area contributed by atoms with Gasteiger partial charge in [0, 0.05) is 11.4 Å². The van der Waals surface area contributed by atoms with Crippen LogP contribution in [-0.4, -0.2) is 64.2 Å². The summed E-state index contributed by atoms with van der Waals surface area (Å²) in [4.78, 5) is 44.4. The molecule has 2 unspecified atom stereocenters. The highest BCUT2D eigenvalue weighted by atomic mass is 16.5. The number of ether oxygens (including phenoxy) is 2. The molecule has 3 aliphatic rings. The lowest BCUT2D eigenvalue weighted by Gasteiger charge is -2.38. The molecule has 3 heterocycles. The van der Waals surface area contributed by atoms with E-state index in [1.165, 1.54) is 4.90 Å². The first-order chi connectivity index (χ1) is 20.0. The van der Waals surface area contributed by atoms with E-state index in [4.69, 9.17) is 9.47 Å². The van der Waals surface area contributed by atoms with Crippen molar-refractivity contribution in [3.8, 4) is 5.75 Å². The van der Waals surface area contributed by atoms with Crippen LogP contribution in [0.1, 0.15) is 58.1 Å². The number of aliphatic hydroxyl groups excluding tert-OH is 1. The summed E-state index contributed by atoms with van der Waals surface area (Å²) in [7, 11) is 0. The summed E-state index contributed by atoms with van der Waals surface area (Å²) < 4.78 is 12.4. The Morgan fingerprint density at radius 2 is 1.71 bits per heavy atom. The number of nitrogens with zero attached hydrogens (tertiary/aromatic N) is 1. The first kappa shape index (κ1) is 30.0. The predicted octanol–water partition coefficient (Wildman–Crippen LogP) is 4.45. The Balaban J connectivity index is 1.55. The van der Waals surface area contributed by atoms with Gasteiger partial charge in [-0.2, -0.15) is 0 Å². The fraction of sp³-hybridized carbons (Fsp3) is 0.545. The highest BCUT2D eigenvalue weighted by Crippen LogP contribution is 2.64. The topological polar surface area (TPSA) is 117 Å². The summed E-state index contributed by atoms with van der Waals surface area (Å²) in [6, 6.07) is 11.3. The van der Waals surface area contributed by atoms with Crippen molar-refractivity contribution in [2.45, 2.75) is 84.1 Å². The molecule has 9 nitrogen and oxygen atoms in total. The van der Waals surface area contributed by atoms with E-state index in [2.05, 4.69) is 10.6 Å². The molecule has 6 atom stereocenters. The number of fused-ring (bicyclic) bond motifs is 1. The molecular formula is C33H43N3O6. The van der Waals surface area contributed by atoms with Crippen LogP contribution in [0.4, 0.5) is 11.4 Å². The molecule has 5 rings (SSSR count). The van der Waals surface area contributed by atoms with Crippen molar-refractivity contribution < 1.29 is 29.0 Å². The van der Waals surface area contributed by atoms with E-state index in [-0.39, 0.29) is 30.2 Å². The fourth-order valence-electron chi connectivity index (χ4n) is 7.56. The zero-order valence-corrected chi connectivity index (χ0v) is 25.4. The third-order valence-electron chi connectivity index (χ3n) is 9.63. The number of likely N-dealkylation sites (tertiary alicyclic amines) is 1. The van der Waals surface area contributed by atoms with E-state index in [1.807, 2.05) is 59.7 Å². The number of anilines is 2. The molecule has 3 amide bonds. The van der Waals surface area contributed by atoms with Crippen molar-refractivity contribution in [3.63, 3.8) is 0 Å². The highest BCUT2D eigenvalue weighted by Gasteiger charge is 2.79. The quantitative estimate of drug-likeness (QED) is 0.384. The number of carbonyl (C=O) groups excluding carboxylic acids is 3. The number of hydrogen-bond donors (Lipinski definition) is 3. The number of carbonyl (C=O) groups is 3. The Bertz CT molecular complexity index is 1340. The van der Waals surface area contributed by atoms with E-state index in [1.54, 1.807) is 24.3 Å².